The molecule has 200 valence electrons. The third-order valence-electron chi connectivity index (χ3n) is 4.19. The number of hydrogen-bond donors (Lipinski definition) is 1. The molecule has 2 aromatic carbocycles. The Bertz CT molecular complexity index is 1340. The van der Waals surface area contributed by atoms with Gasteiger partial charge in [-0.3, -0.25) is 0 Å². The van der Waals surface area contributed by atoms with Crippen LogP contribution in [0, 0.1) is 0 Å². The van der Waals surface area contributed by atoms with E-state index in [1.165, 1.54) is 0 Å². The lowest BCUT2D eigenvalue weighted by Gasteiger charge is -2.15. The number of thioether (sulfide) groups is 1. The van der Waals surface area contributed by atoms with E-state index in [4.69, 9.17) is 104 Å². The zero-order valence-corrected chi connectivity index (χ0v) is 26.2. The van der Waals surface area contributed by atoms with Crippen LogP contribution in [0.15, 0.2) is 53.4 Å². The van der Waals surface area contributed by atoms with E-state index < -0.39 is 7.59 Å². The molecular formula is C21H12Cl9N7S. The first-order valence-electron chi connectivity index (χ1n) is 9.90. The molecule has 0 atom stereocenters. The van der Waals surface area contributed by atoms with Crippen LogP contribution in [0.2, 0.25) is 15.6 Å². The second kappa shape index (κ2) is 13.7. The molecule has 38 heavy (non-hydrogen) atoms. The van der Waals surface area contributed by atoms with Gasteiger partial charge >= 0.3 is 0 Å². The molecule has 4 rings (SSSR count). The van der Waals surface area contributed by atoms with Gasteiger partial charge in [0.15, 0.2) is 17.5 Å². The maximum absolute atomic E-state index is 5.95. The number of rotatable bonds is 4. The molecular weight excluding hydrogens is 701 g/mol. The number of nitrogens with one attached hydrogen (secondary N) is 1. The lowest BCUT2D eigenvalue weighted by Crippen LogP contribution is -2.16. The molecule has 0 bridgehead atoms. The van der Waals surface area contributed by atoms with E-state index in [9.17, 15) is 0 Å². The first-order valence-corrected chi connectivity index (χ1v) is 14.5. The Kier molecular flexibility index (Phi) is 11.5. The first kappa shape index (κ1) is 31.7. The molecule has 0 saturated carbocycles. The molecule has 0 radical (unpaired) electrons. The van der Waals surface area contributed by atoms with Gasteiger partial charge in [-0.25, -0.2) is 15.0 Å². The molecule has 2 heterocycles. The average molecular weight is 714 g/mol. The van der Waals surface area contributed by atoms with Crippen LogP contribution in [0.25, 0.3) is 11.4 Å². The van der Waals surface area contributed by atoms with E-state index in [-0.39, 0.29) is 34.0 Å². The van der Waals surface area contributed by atoms with Gasteiger partial charge < -0.3 is 5.32 Å². The van der Waals surface area contributed by atoms with Gasteiger partial charge in [0.05, 0.1) is 10.7 Å². The largest absolute Gasteiger partial charge is 0.323 e. The summed E-state index contributed by atoms with van der Waals surface area (Å²) in [5.41, 5.74) is 1.36. The van der Waals surface area contributed by atoms with Crippen molar-refractivity contribution in [1.82, 2.24) is 29.9 Å². The molecule has 0 spiro atoms. The molecule has 2 aromatic heterocycles. The van der Waals surface area contributed by atoms with Crippen molar-refractivity contribution < 1.29 is 0 Å². The van der Waals surface area contributed by atoms with Crippen molar-refractivity contribution in [2.45, 2.75) is 12.5 Å². The van der Waals surface area contributed by atoms with Gasteiger partial charge in [-0.15, -0.1) is 11.8 Å². The van der Waals surface area contributed by atoms with E-state index in [0.717, 1.165) is 4.90 Å². The minimum Gasteiger partial charge on any atom is -0.323 e. The van der Waals surface area contributed by atoms with Crippen LogP contribution in [-0.2, 0) is 7.59 Å². The van der Waals surface area contributed by atoms with Gasteiger partial charge in [0.25, 0.3) is 0 Å². The Morgan fingerprint density at radius 2 is 1.18 bits per heavy atom. The Hall–Kier alpha value is -0.780. The number of hydrogen-bond acceptors (Lipinski definition) is 8. The molecule has 0 saturated heterocycles. The molecule has 0 fully saturated rings. The highest BCUT2D eigenvalue weighted by Gasteiger charge is 2.34. The molecule has 0 aliphatic heterocycles. The fraction of sp³-hybridized carbons (Fsp3) is 0.143. The Morgan fingerprint density at radius 1 is 0.658 bits per heavy atom. The zero-order chi connectivity index (χ0) is 28.1. The first-order chi connectivity index (χ1) is 17.8. The van der Waals surface area contributed by atoms with Crippen LogP contribution in [-0.4, -0.2) is 36.2 Å². The molecule has 17 heteroatoms. The van der Waals surface area contributed by atoms with Crippen LogP contribution in [0.3, 0.4) is 0 Å². The normalized spacial score (nSPS) is 11.5. The maximum atomic E-state index is 5.95. The molecule has 0 aliphatic rings. The molecule has 0 aliphatic carbocycles. The van der Waals surface area contributed by atoms with Crippen molar-refractivity contribution in [3.8, 4) is 11.4 Å². The van der Waals surface area contributed by atoms with Gasteiger partial charge in [0, 0.05) is 10.5 Å². The second-order valence-electron chi connectivity index (χ2n) is 6.83. The highest BCUT2D eigenvalue weighted by Crippen LogP contribution is 2.40. The summed E-state index contributed by atoms with van der Waals surface area (Å²) in [6, 6.07) is 14.7. The van der Waals surface area contributed by atoms with Gasteiger partial charge in [-0.1, -0.05) is 105 Å². The van der Waals surface area contributed by atoms with Crippen molar-refractivity contribution in [2.24, 2.45) is 0 Å². The molecule has 0 unspecified atom stereocenters. The summed E-state index contributed by atoms with van der Waals surface area (Å²) in [7, 11) is 0. The predicted molar refractivity (Wildman–Crippen MR) is 160 cm³/mol. The summed E-state index contributed by atoms with van der Waals surface area (Å²) in [5.74, 6) is 0.277. The van der Waals surface area contributed by atoms with Gasteiger partial charge in [0.1, 0.15) is 0 Å². The van der Waals surface area contributed by atoms with Crippen LogP contribution in [0.5, 0.6) is 0 Å². The monoisotopic (exact) mass is 709 g/mol. The van der Waals surface area contributed by atoms with E-state index in [1.807, 2.05) is 42.7 Å². The number of benzene rings is 2. The highest BCUT2D eigenvalue weighted by molar-refractivity contribution is 7.98. The summed E-state index contributed by atoms with van der Waals surface area (Å²) < 4.78 is -3.72. The van der Waals surface area contributed by atoms with Crippen molar-refractivity contribution in [1.29, 1.82) is 0 Å². The maximum Gasteiger partial charge on any atom is 0.250 e. The fourth-order valence-electron chi connectivity index (χ4n) is 2.56. The third kappa shape index (κ3) is 9.41. The van der Waals surface area contributed by atoms with E-state index in [2.05, 4.69) is 35.2 Å². The fourth-order valence-corrected chi connectivity index (χ4v) is 4.03. The zero-order valence-electron chi connectivity index (χ0n) is 18.6. The lowest BCUT2D eigenvalue weighted by atomic mass is 10.2. The number of halogens is 9. The third-order valence-corrected chi connectivity index (χ3v) is 6.62. The number of aromatic nitrogens is 6. The van der Waals surface area contributed by atoms with E-state index in [1.54, 1.807) is 23.9 Å². The van der Waals surface area contributed by atoms with Crippen molar-refractivity contribution in [3.05, 3.63) is 75.8 Å². The van der Waals surface area contributed by atoms with E-state index in [0.29, 0.717) is 16.3 Å². The van der Waals surface area contributed by atoms with Crippen LogP contribution < -0.4 is 5.32 Å². The molecule has 4 aromatic rings. The summed E-state index contributed by atoms with van der Waals surface area (Å²) in [5, 5.41) is 3.49. The summed E-state index contributed by atoms with van der Waals surface area (Å²) >= 11 is 53.8. The Morgan fingerprint density at radius 3 is 1.66 bits per heavy atom. The standard InChI is InChI=1S/C12H7Cl6N3S.C9H5Cl3N4/c1-22-7-4-2-6(3-5-7)8-19-9(11(13,14)15)21-10(20-8)12(16,17)18;10-5-3-1-2-4-6(5)13-9-15-7(11)14-8(12)16-9/h2-5H,1H3;1-4H,(H,13,14,15,16). The van der Waals surface area contributed by atoms with Crippen LogP contribution in [0.4, 0.5) is 11.6 Å². The highest BCUT2D eigenvalue weighted by atomic mass is 35.6. The van der Waals surface area contributed by atoms with Crippen LogP contribution >= 0.6 is 116 Å². The molecule has 0 amide bonds. The number of alkyl halides is 6. The van der Waals surface area contributed by atoms with Gasteiger partial charge in [-0.2, -0.15) is 15.0 Å². The number of anilines is 2. The van der Waals surface area contributed by atoms with Crippen molar-refractivity contribution in [2.75, 3.05) is 11.6 Å². The van der Waals surface area contributed by atoms with Crippen LogP contribution in [0.1, 0.15) is 11.6 Å². The Balaban J connectivity index is 0.000000221. The lowest BCUT2D eigenvalue weighted by molar-refractivity contribution is 0.851. The predicted octanol–water partition coefficient (Wildman–Crippen LogP) is 9.49. The summed E-state index contributed by atoms with van der Waals surface area (Å²) in [4.78, 5) is 24.6. The Labute approximate surface area is 266 Å². The summed E-state index contributed by atoms with van der Waals surface area (Å²) in [6.07, 6.45) is 1.97. The molecule has 7 nitrogen and oxygen atoms in total. The topological polar surface area (TPSA) is 89.4 Å². The average Bonchev–Trinajstić information content (AvgIpc) is 2.84. The minimum absolute atomic E-state index is 0.0227. The summed E-state index contributed by atoms with van der Waals surface area (Å²) in [6.45, 7) is 0. The van der Waals surface area contributed by atoms with E-state index >= 15 is 0 Å². The molecule has 1 N–H and O–H groups in total. The van der Waals surface area contributed by atoms with Gasteiger partial charge in [0.2, 0.25) is 24.1 Å². The quantitative estimate of drug-likeness (QED) is 0.165. The smallest absolute Gasteiger partial charge is 0.250 e. The SMILES string of the molecule is CSc1ccc(-c2nc(C(Cl)(Cl)Cl)nc(C(Cl)(Cl)Cl)n2)cc1.Clc1nc(Cl)nc(Nc2ccccc2Cl)n1. The minimum atomic E-state index is -1.86. The van der Waals surface area contributed by atoms with Gasteiger partial charge in [-0.05, 0) is 53.7 Å². The van der Waals surface area contributed by atoms with Crippen molar-refractivity contribution in [3.63, 3.8) is 0 Å². The van der Waals surface area contributed by atoms with Crippen molar-refractivity contribution >= 4 is 128 Å². The number of nitrogens with zero attached hydrogens (tertiary/aromatic N) is 6. The second-order valence-corrected chi connectivity index (χ2v) is 13.4. The number of para-hydroxylation sites is 1.